The van der Waals surface area contributed by atoms with E-state index in [0.717, 1.165) is 11.3 Å². The molecule has 0 radical (unpaired) electrons. The number of carbonyl (C=O) groups excluding carboxylic acids is 1. The highest BCUT2D eigenvalue weighted by atomic mass is 32.2. The molecule has 6 nitrogen and oxygen atoms in total. The molecule has 29 heavy (non-hydrogen) atoms. The topological polar surface area (TPSA) is 73.6 Å². The van der Waals surface area contributed by atoms with Gasteiger partial charge in [-0.3, -0.25) is 4.79 Å². The van der Waals surface area contributed by atoms with E-state index in [4.69, 9.17) is 14.0 Å². The third kappa shape index (κ3) is 3.80. The van der Waals surface area contributed by atoms with Crippen molar-refractivity contribution in [2.24, 2.45) is 0 Å². The molecule has 0 spiro atoms. The van der Waals surface area contributed by atoms with Gasteiger partial charge in [-0.25, -0.2) is 4.39 Å². The summed E-state index contributed by atoms with van der Waals surface area (Å²) in [6.45, 7) is 0. The fraction of sp³-hybridized carbons (Fsp3) is 0.238. The smallest absolute Gasteiger partial charge is 0.273 e. The van der Waals surface area contributed by atoms with E-state index < -0.39 is 0 Å². The largest absolute Gasteiger partial charge is 0.497 e. The Morgan fingerprint density at radius 2 is 2.10 bits per heavy atom. The molecule has 0 fully saturated rings. The summed E-state index contributed by atoms with van der Waals surface area (Å²) in [6, 6.07) is 11.5. The van der Waals surface area contributed by atoms with Gasteiger partial charge in [0.15, 0.2) is 11.5 Å². The zero-order chi connectivity index (χ0) is 20.4. The average molecular weight is 414 g/mol. The molecule has 1 aromatic heterocycles. The summed E-state index contributed by atoms with van der Waals surface area (Å²) >= 11 is 1.46. The first-order valence-electron chi connectivity index (χ1n) is 9.02. The van der Waals surface area contributed by atoms with Gasteiger partial charge in [0.25, 0.3) is 5.91 Å². The molecule has 0 bridgehead atoms. The molecule has 2 aromatic carbocycles. The van der Waals surface area contributed by atoms with Gasteiger partial charge >= 0.3 is 0 Å². The lowest BCUT2D eigenvalue weighted by Crippen LogP contribution is -2.31. The van der Waals surface area contributed by atoms with Crippen LogP contribution in [0.25, 0.3) is 11.3 Å². The predicted octanol–water partition coefficient (Wildman–Crippen LogP) is 4.46. The molecular formula is C21H19FN2O4S. The zero-order valence-electron chi connectivity index (χ0n) is 15.9. The van der Waals surface area contributed by atoms with E-state index in [9.17, 15) is 9.18 Å². The second-order valence-corrected chi connectivity index (χ2v) is 7.57. The molecule has 1 aliphatic heterocycles. The van der Waals surface area contributed by atoms with E-state index in [1.165, 1.54) is 17.8 Å². The molecule has 0 aliphatic carbocycles. The van der Waals surface area contributed by atoms with Gasteiger partial charge in [-0.1, -0.05) is 17.3 Å². The lowest BCUT2D eigenvalue weighted by atomic mass is 10.0. The van der Waals surface area contributed by atoms with Gasteiger partial charge in [-0.05, 0) is 36.2 Å². The molecular weight excluding hydrogens is 395 g/mol. The Morgan fingerprint density at radius 1 is 1.24 bits per heavy atom. The molecule has 1 unspecified atom stereocenters. The average Bonchev–Trinajstić information content (AvgIpc) is 3.24. The van der Waals surface area contributed by atoms with Gasteiger partial charge in [-0.15, -0.1) is 11.8 Å². The lowest BCUT2D eigenvalue weighted by Gasteiger charge is -2.25. The molecule has 1 N–H and O–H groups in total. The van der Waals surface area contributed by atoms with Crippen molar-refractivity contribution in [2.45, 2.75) is 17.4 Å². The van der Waals surface area contributed by atoms with E-state index in [1.54, 1.807) is 44.6 Å². The summed E-state index contributed by atoms with van der Waals surface area (Å²) in [4.78, 5) is 13.3. The van der Waals surface area contributed by atoms with Crippen molar-refractivity contribution >= 4 is 17.7 Å². The number of ether oxygens (including phenoxy) is 2. The molecule has 8 heteroatoms. The van der Waals surface area contributed by atoms with Crippen LogP contribution in [0.15, 0.2) is 51.9 Å². The monoisotopic (exact) mass is 414 g/mol. The molecule has 0 saturated carbocycles. The molecule has 1 amide bonds. The molecule has 4 rings (SSSR count). The van der Waals surface area contributed by atoms with Crippen molar-refractivity contribution in [3.05, 3.63) is 59.5 Å². The molecule has 2 heterocycles. The van der Waals surface area contributed by atoms with Crippen molar-refractivity contribution in [3.8, 4) is 22.8 Å². The number of fused-ring (bicyclic) bond motifs is 1. The van der Waals surface area contributed by atoms with Crippen LogP contribution in [0.4, 0.5) is 4.39 Å². The standard InChI is InChI=1S/C21H19FN2O4S/c1-26-12-6-7-18(27-2)14(10-12)19-11-17(24-28-19)21(25)23-16-8-9-29-20-13(16)4-3-5-15(20)22/h3-7,10-11,16H,8-9H2,1-2H3,(H,23,25). The van der Waals surface area contributed by atoms with Crippen LogP contribution in [0.3, 0.4) is 0 Å². The highest BCUT2D eigenvalue weighted by Gasteiger charge is 2.26. The van der Waals surface area contributed by atoms with Gasteiger partial charge in [0, 0.05) is 16.7 Å². The number of methoxy groups -OCH3 is 2. The Kier molecular flexibility index (Phi) is 5.44. The fourth-order valence-corrected chi connectivity index (χ4v) is 4.42. The predicted molar refractivity (Wildman–Crippen MR) is 107 cm³/mol. The van der Waals surface area contributed by atoms with E-state index in [-0.39, 0.29) is 23.5 Å². The number of aromatic nitrogens is 1. The number of hydrogen-bond acceptors (Lipinski definition) is 6. The van der Waals surface area contributed by atoms with Crippen LogP contribution < -0.4 is 14.8 Å². The first-order chi connectivity index (χ1) is 14.1. The molecule has 1 atom stereocenters. The summed E-state index contributed by atoms with van der Waals surface area (Å²) in [6.07, 6.45) is 0.710. The Bertz CT molecular complexity index is 1050. The van der Waals surface area contributed by atoms with Gasteiger partial charge in [0.1, 0.15) is 17.3 Å². The summed E-state index contributed by atoms with van der Waals surface area (Å²) in [5.41, 5.74) is 1.55. The maximum atomic E-state index is 14.0. The number of benzene rings is 2. The minimum Gasteiger partial charge on any atom is -0.497 e. The van der Waals surface area contributed by atoms with Crippen molar-refractivity contribution in [1.82, 2.24) is 10.5 Å². The lowest BCUT2D eigenvalue weighted by molar-refractivity contribution is 0.0925. The highest BCUT2D eigenvalue weighted by molar-refractivity contribution is 7.99. The quantitative estimate of drug-likeness (QED) is 0.664. The summed E-state index contributed by atoms with van der Waals surface area (Å²) in [5, 5.41) is 6.84. The summed E-state index contributed by atoms with van der Waals surface area (Å²) in [7, 11) is 3.11. The normalized spacial score (nSPS) is 15.5. The van der Waals surface area contributed by atoms with E-state index in [0.29, 0.717) is 34.1 Å². The SMILES string of the molecule is COc1ccc(OC)c(-c2cc(C(=O)NC3CCSc4c(F)cccc43)no2)c1. The second-order valence-electron chi connectivity index (χ2n) is 6.46. The Labute approximate surface area is 171 Å². The highest BCUT2D eigenvalue weighted by Crippen LogP contribution is 2.38. The maximum absolute atomic E-state index is 14.0. The number of nitrogens with zero attached hydrogens (tertiary/aromatic N) is 1. The van der Waals surface area contributed by atoms with Crippen molar-refractivity contribution in [1.29, 1.82) is 0 Å². The minimum atomic E-state index is -0.381. The Morgan fingerprint density at radius 3 is 2.90 bits per heavy atom. The first-order valence-corrected chi connectivity index (χ1v) is 10.0. The van der Waals surface area contributed by atoms with Crippen molar-refractivity contribution in [3.63, 3.8) is 0 Å². The van der Waals surface area contributed by atoms with Crippen LogP contribution in [0.1, 0.15) is 28.5 Å². The van der Waals surface area contributed by atoms with Gasteiger partial charge in [-0.2, -0.15) is 0 Å². The number of nitrogens with one attached hydrogen (secondary N) is 1. The molecule has 1 aliphatic rings. The van der Waals surface area contributed by atoms with Crippen LogP contribution in [0.5, 0.6) is 11.5 Å². The van der Waals surface area contributed by atoms with Crippen LogP contribution in [0, 0.1) is 5.82 Å². The van der Waals surface area contributed by atoms with Crippen LogP contribution in [0.2, 0.25) is 0 Å². The Balaban J connectivity index is 1.57. The van der Waals surface area contributed by atoms with Crippen molar-refractivity contribution in [2.75, 3.05) is 20.0 Å². The summed E-state index contributed by atoms with van der Waals surface area (Å²) in [5.74, 6) is 1.67. The first kappa shape index (κ1) is 19.3. The van der Waals surface area contributed by atoms with Crippen LogP contribution in [-0.4, -0.2) is 31.0 Å². The minimum absolute atomic E-state index is 0.140. The van der Waals surface area contributed by atoms with E-state index in [2.05, 4.69) is 10.5 Å². The third-order valence-electron chi connectivity index (χ3n) is 4.75. The number of carbonyl (C=O) groups is 1. The number of rotatable bonds is 5. The summed E-state index contributed by atoms with van der Waals surface area (Å²) < 4.78 is 30.0. The third-order valence-corrected chi connectivity index (χ3v) is 5.91. The van der Waals surface area contributed by atoms with Crippen molar-refractivity contribution < 1.29 is 23.2 Å². The molecule has 0 saturated heterocycles. The van der Waals surface area contributed by atoms with Gasteiger partial charge in [0.2, 0.25) is 0 Å². The number of thioether (sulfide) groups is 1. The van der Waals surface area contributed by atoms with Gasteiger partial charge in [0.05, 0.1) is 25.8 Å². The fourth-order valence-electron chi connectivity index (χ4n) is 3.28. The number of amides is 1. The second kappa shape index (κ2) is 8.16. The molecule has 150 valence electrons. The zero-order valence-corrected chi connectivity index (χ0v) is 16.7. The molecule has 3 aromatic rings. The van der Waals surface area contributed by atoms with Crippen LogP contribution in [-0.2, 0) is 0 Å². The van der Waals surface area contributed by atoms with E-state index in [1.807, 2.05) is 6.07 Å². The van der Waals surface area contributed by atoms with Crippen LogP contribution >= 0.6 is 11.8 Å². The number of halogens is 1. The maximum Gasteiger partial charge on any atom is 0.273 e. The number of hydrogen-bond donors (Lipinski definition) is 1. The van der Waals surface area contributed by atoms with Gasteiger partial charge < -0.3 is 19.3 Å². The van der Waals surface area contributed by atoms with E-state index >= 15 is 0 Å². The Hall–Kier alpha value is -3.00.